The molecule has 1 unspecified atom stereocenters. The molecule has 0 bridgehead atoms. The summed E-state index contributed by atoms with van der Waals surface area (Å²) in [5, 5.41) is 0. The normalized spacial score (nSPS) is 16.1. The molecule has 3 nitrogen and oxygen atoms in total. The molecule has 0 spiro atoms. The van der Waals surface area contributed by atoms with Gasteiger partial charge in [-0.25, -0.2) is 4.39 Å². The van der Waals surface area contributed by atoms with Gasteiger partial charge in [0, 0.05) is 6.42 Å². The number of hydrogen-bond acceptors (Lipinski definition) is 3. The van der Waals surface area contributed by atoms with Gasteiger partial charge in [-0.3, -0.25) is 8.85 Å². The second-order valence-electron chi connectivity index (χ2n) is 6.42. The van der Waals surface area contributed by atoms with Crippen molar-refractivity contribution in [2.45, 2.75) is 81.4 Å². The fourth-order valence-electron chi connectivity index (χ4n) is 2.15. The van der Waals surface area contributed by atoms with Gasteiger partial charge < -0.3 is 4.43 Å². The second-order valence-corrected chi connectivity index (χ2v) is 8.78. The molecule has 0 aliphatic heterocycles. The van der Waals surface area contributed by atoms with Crippen molar-refractivity contribution in [3.8, 4) is 0 Å². The number of halogens is 17. The molecular weight excluding hydrogens is 555 g/mol. The second kappa shape index (κ2) is 10.9. The molecule has 0 rings (SSSR count). The van der Waals surface area contributed by atoms with E-state index < -0.39 is 83.8 Å². The summed E-state index contributed by atoms with van der Waals surface area (Å²) in [7, 11) is -9.03. The van der Waals surface area contributed by atoms with Crippen molar-refractivity contribution < 1.29 is 87.9 Å². The van der Waals surface area contributed by atoms with Gasteiger partial charge >= 0.3 is 45.5 Å². The van der Waals surface area contributed by atoms with E-state index in [9.17, 15) is 74.6 Å². The Balaban J connectivity index is 5.82. The minimum absolute atomic E-state index is 0.377. The lowest BCUT2D eigenvalue weighted by Gasteiger charge is -2.38. The van der Waals surface area contributed by atoms with Crippen LogP contribution in [0.25, 0.3) is 0 Å². The minimum atomic E-state index is -9.03. The van der Waals surface area contributed by atoms with E-state index in [-0.39, 0.29) is 6.42 Å². The van der Waals surface area contributed by atoms with Crippen molar-refractivity contribution in [2.24, 2.45) is 0 Å². The summed E-state index contributed by atoms with van der Waals surface area (Å²) in [5.41, 5.74) is -7.48. The van der Waals surface area contributed by atoms with Crippen LogP contribution in [-0.4, -0.2) is 51.7 Å². The van der Waals surface area contributed by atoms with Crippen LogP contribution in [0, 0.1) is 0 Å². The molecule has 206 valence electrons. The average molecular weight is 568 g/mol. The zero-order valence-corrected chi connectivity index (χ0v) is 17.0. The maximum Gasteiger partial charge on any atom is 0.603 e. The first-order valence-corrected chi connectivity index (χ1v) is 10.2. The van der Waals surface area contributed by atoms with Crippen LogP contribution >= 0.6 is 0 Å². The molecule has 21 heteroatoms. The van der Waals surface area contributed by atoms with Crippen LogP contribution in [-0.2, 0) is 13.3 Å². The summed E-state index contributed by atoms with van der Waals surface area (Å²) in [5.74, 6) is 0. The third-order valence-corrected chi connectivity index (χ3v) is 6.14. The van der Waals surface area contributed by atoms with E-state index in [2.05, 4.69) is 4.43 Å². The van der Waals surface area contributed by atoms with Crippen LogP contribution < -0.4 is 0 Å². The van der Waals surface area contributed by atoms with Crippen molar-refractivity contribution >= 4 is 8.80 Å². The van der Waals surface area contributed by atoms with Crippen LogP contribution in [0.15, 0.2) is 0 Å². The zero-order valence-electron chi connectivity index (χ0n) is 16.0. The molecule has 0 N–H and O–H groups in total. The Morgan fingerprint density at radius 1 is 0.559 bits per heavy atom. The van der Waals surface area contributed by atoms with Gasteiger partial charge in [0.25, 0.3) is 0 Å². The van der Waals surface area contributed by atoms with Gasteiger partial charge in [0.05, 0.1) is 0 Å². The molecule has 0 saturated carbocycles. The van der Waals surface area contributed by atoms with Crippen molar-refractivity contribution in [3.63, 3.8) is 0 Å². The highest BCUT2D eigenvalue weighted by molar-refractivity contribution is 6.64. The standard InChI is InChI=1S/C13H13F17O3Si/c14-7(5-3-1-2-4-6-8(15,16)17)9(18,19)31-34(32-12(25,26)27,33-13(28,29)30)11(23,24)10(20,21)22/h7H,1-6H2. The highest BCUT2D eigenvalue weighted by Crippen LogP contribution is 2.50. The molecule has 0 saturated heterocycles. The third kappa shape index (κ3) is 10.7. The molecule has 0 aliphatic carbocycles. The minimum Gasteiger partial charge on any atom is -0.307 e. The highest BCUT2D eigenvalue weighted by Gasteiger charge is 2.85. The fourth-order valence-corrected chi connectivity index (χ4v) is 4.10. The van der Waals surface area contributed by atoms with Crippen molar-refractivity contribution in [3.05, 3.63) is 0 Å². The lowest BCUT2D eigenvalue weighted by Crippen LogP contribution is -2.72. The largest absolute Gasteiger partial charge is 0.603 e. The first kappa shape index (κ1) is 32.9. The summed E-state index contributed by atoms with van der Waals surface area (Å²) in [6.07, 6.45) is -41.3. The Morgan fingerprint density at radius 2 is 0.971 bits per heavy atom. The monoisotopic (exact) mass is 568 g/mol. The summed E-state index contributed by atoms with van der Waals surface area (Å²) in [4.78, 5) is 0. The van der Waals surface area contributed by atoms with E-state index >= 15 is 0 Å². The van der Waals surface area contributed by atoms with Gasteiger partial charge in [0.15, 0.2) is 6.17 Å². The van der Waals surface area contributed by atoms with E-state index in [1.807, 2.05) is 8.85 Å². The SMILES string of the molecule is FC(CCCCCCC(F)(F)F)C(F)(F)O[Si](OC(F)(F)F)(OC(F)(F)F)C(F)(F)C(F)(F)F. The Kier molecular flexibility index (Phi) is 10.5. The lowest BCUT2D eigenvalue weighted by atomic mass is 10.1. The van der Waals surface area contributed by atoms with E-state index in [1.54, 1.807) is 0 Å². The van der Waals surface area contributed by atoms with Crippen LogP contribution in [0.1, 0.15) is 38.5 Å². The quantitative estimate of drug-likeness (QED) is 0.138. The van der Waals surface area contributed by atoms with E-state index in [0.29, 0.717) is 0 Å². The number of unbranched alkanes of at least 4 members (excludes halogenated alkanes) is 3. The van der Waals surface area contributed by atoms with Crippen molar-refractivity contribution in [1.29, 1.82) is 0 Å². The lowest BCUT2D eigenvalue weighted by molar-refractivity contribution is -0.381. The molecule has 0 fully saturated rings. The third-order valence-electron chi connectivity index (χ3n) is 3.54. The summed E-state index contributed by atoms with van der Waals surface area (Å²) in [6.45, 7) is 0. The predicted octanol–water partition coefficient (Wildman–Crippen LogP) is 7.59. The van der Waals surface area contributed by atoms with Gasteiger partial charge in [0.1, 0.15) is 0 Å². The molecule has 34 heavy (non-hydrogen) atoms. The average Bonchev–Trinajstić information content (AvgIpc) is 2.51. The smallest absolute Gasteiger partial charge is 0.307 e. The Hall–Kier alpha value is -1.09. The molecule has 0 aliphatic rings. The van der Waals surface area contributed by atoms with Gasteiger partial charge in [-0.05, 0) is 12.8 Å². The Bertz CT molecular complexity index is 608. The molecule has 0 aromatic rings. The zero-order chi connectivity index (χ0) is 27.4. The molecule has 1 atom stereocenters. The molecular formula is C13H13F17O3Si. The van der Waals surface area contributed by atoms with Gasteiger partial charge in [-0.2, -0.15) is 43.9 Å². The maximum absolute atomic E-state index is 13.8. The molecule has 0 radical (unpaired) electrons. The molecule has 0 amide bonds. The van der Waals surface area contributed by atoms with Crippen LogP contribution in [0.3, 0.4) is 0 Å². The van der Waals surface area contributed by atoms with E-state index in [0.717, 1.165) is 0 Å². The summed E-state index contributed by atoms with van der Waals surface area (Å²) >= 11 is 0. The number of rotatable bonds is 12. The van der Waals surface area contributed by atoms with E-state index in [1.165, 1.54) is 0 Å². The van der Waals surface area contributed by atoms with Crippen LogP contribution in [0.5, 0.6) is 0 Å². The van der Waals surface area contributed by atoms with E-state index in [4.69, 9.17) is 0 Å². The van der Waals surface area contributed by atoms with Crippen molar-refractivity contribution in [1.82, 2.24) is 0 Å². The number of hydrogen-bond donors (Lipinski definition) is 0. The Labute approximate surface area is 179 Å². The number of alkyl halides is 17. The van der Waals surface area contributed by atoms with Crippen LogP contribution in [0.2, 0.25) is 0 Å². The van der Waals surface area contributed by atoms with Crippen molar-refractivity contribution in [2.75, 3.05) is 0 Å². The van der Waals surface area contributed by atoms with Crippen LogP contribution in [0.4, 0.5) is 74.6 Å². The molecule has 0 aromatic heterocycles. The summed E-state index contributed by atoms with van der Waals surface area (Å²) in [6, 6.07) is 0. The first-order chi connectivity index (χ1) is 14.7. The summed E-state index contributed by atoms with van der Waals surface area (Å²) < 4.78 is 223. The van der Waals surface area contributed by atoms with Gasteiger partial charge in [-0.15, -0.1) is 26.3 Å². The predicted molar refractivity (Wildman–Crippen MR) is 75.7 cm³/mol. The highest BCUT2D eigenvalue weighted by atomic mass is 28.4. The van der Waals surface area contributed by atoms with Gasteiger partial charge in [-0.1, -0.05) is 19.3 Å². The molecule has 0 heterocycles. The first-order valence-electron chi connectivity index (χ1n) is 8.52. The Morgan fingerprint density at radius 3 is 1.32 bits per heavy atom. The topological polar surface area (TPSA) is 27.7 Å². The maximum atomic E-state index is 13.8. The molecule has 0 aromatic carbocycles. The van der Waals surface area contributed by atoms with Gasteiger partial charge in [0.2, 0.25) is 0 Å². The fraction of sp³-hybridized carbons (Fsp3) is 1.00.